The summed E-state index contributed by atoms with van der Waals surface area (Å²) >= 11 is 0. The van der Waals surface area contributed by atoms with Crippen LogP contribution in [0.15, 0.2) is 10.7 Å². The molecule has 0 aromatic carbocycles. The SMILES string of the molecule is CCOC1c2c(C)coc2CC2(O)CCCC(C)C12C. The summed E-state index contributed by atoms with van der Waals surface area (Å²) in [5.74, 6) is 1.37. The van der Waals surface area contributed by atoms with Gasteiger partial charge in [0.1, 0.15) is 5.76 Å². The maximum absolute atomic E-state index is 11.3. The van der Waals surface area contributed by atoms with E-state index in [1.165, 1.54) is 5.56 Å². The minimum atomic E-state index is -0.707. The van der Waals surface area contributed by atoms with Crippen LogP contribution in [0.5, 0.6) is 0 Å². The third kappa shape index (κ3) is 1.66. The average Bonchev–Trinajstić information content (AvgIpc) is 2.74. The minimum Gasteiger partial charge on any atom is -0.469 e. The smallest absolute Gasteiger partial charge is 0.112 e. The van der Waals surface area contributed by atoms with Crippen LogP contribution in [0.25, 0.3) is 0 Å². The molecular formula is C17H26O3. The number of aliphatic hydroxyl groups is 1. The van der Waals surface area contributed by atoms with Crippen molar-refractivity contribution >= 4 is 0 Å². The molecule has 1 N–H and O–H groups in total. The molecule has 112 valence electrons. The molecule has 4 atom stereocenters. The summed E-state index contributed by atoms with van der Waals surface area (Å²) in [5, 5.41) is 11.3. The molecule has 3 nitrogen and oxygen atoms in total. The van der Waals surface area contributed by atoms with Crippen LogP contribution >= 0.6 is 0 Å². The van der Waals surface area contributed by atoms with Gasteiger partial charge in [-0.2, -0.15) is 0 Å². The van der Waals surface area contributed by atoms with E-state index in [1.54, 1.807) is 0 Å². The van der Waals surface area contributed by atoms with E-state index in [1.807, 2.05) is 13.2 Å². The Kier molecular flexibility index (Phi) is 3.26. The van der Waals surface area contributed by atoms with Gasteiger partial charge in [0.25, 0.3) is 0 Å². The van der Waals surface area contributed by atoms with Crippen LogP contribution in [-0.4, -0.2) is 17.3 Å². The summed E-state index contributed by atoms with van der Waals surface area (Å²) in [6, 6.07) is 0. The Labute approximate surface area is 121 Å². The summed E-state index contributed by atoms with van der Waals surface area (Å²) < 4.78 is 11.9. The van der Waals surface area contributed by atoms with Gasteiger partial charge in [-0.1, -0.05) is 20.3 Å². The molecule has 3 rings (SSSR count). The summed E-state index contributed by atoms with van der Waals surface area (Å²) in [5.41, 5.74) is 1.40. The highest BCUT2D eigenvalue weighted by molar-refractivity contribution is 5.37. The first-order valence-electron chi connectivity index (χ1n) is 7.85. The summed E-state index contributed by atoms with van der Waals surface area (Å²) in [6.07, 6.45) is 5.47. The first kappa shape index (κ1) is 14.2. The molecule has 0 radical (unpaired) electrons. The van der Waals surface area contributed by atoms with Crippen molar-refractivity contribution in [3.05, 3.63) is 23.2 Å². The van der Waals surface area contributed by atoms with Crippen molar-refractivity contribution in [3.63, 3.8) is 0 Å². The fourth-order valence-electron chi connectivity index (χ4n) is 4.49. The van der Waals surface area contributed by atoms with Crippen molar-refractivity contribution < 1.29 is 14.3 Å². The van der Waals surface area contributed by atoms with Gasteiger partial charge in [0.15, 0.2) is 0 Å². The van der Waals surface area contributed by atoms with Gasteiger partial charge in [0.2, 0.25) is 0 Å². The number of fused-ring (bicyclic) bond motifs is 2. The van der Waals surface area contributed by atoms with Crippen LogP contribution in [0.3, 0.4) is 0 Å². The highest BCUT2D eigenvalue weighted by atomic mass is 16.5. The second kappa shape index (κ2) is 4.60. The van der Waals surface area contributed by atoms with Crippen LogP contribution in [0.1, 0.15) is 63.0 Å². The standard InChI is InChI=1S/C17H26O3/c1-5-19-15-14-11(2)10-20-13(14)9-17(18)8-6-7-12(3)16(15,17)4/h10,12,15,18H,5-9H2,1-4H3. The maximum atomic E-state index is 11.3. The molecular weight excluding hydrogens is 252 g/mol. The maximum Gasteiger partial charge on any atom is 0.112 e. The quantitative estimate of drug-likeness (QED) is 0.895. The van der Waals surface area contributed by atoms with E-state index in [-0.39, 0.29) is 11.5 Å². The van der Waals surface area contributed by atoms with Crippen molar-refractivity contribution in [2.45, 2.75) is 65.1 Å². The minimum absolute atomic E-state index is 0.0599. The van der Waals surface area contributed by atoms with Crippen molar-refractivity contribution in [2.24, 2.45) is 11.3 Å². The van der Waals surface area contributed by atoms with Gasteiger partial charge >= 0.3 is 0 Å². The lowest BCUT2D eigenvalue weighted by Gasteiger charge is -2.58. The highest BCUT2D eigenvalue weighted by Crippen LogP contribution is 2.61. The summed E-state index contributed by atoms with van der Waals surface area (Å²) in [4.78, 5) is 0. The Hall–Kier alpha value is -0.800. The molecule has 1 aromatic rings. The van der Waals surface area contributed by atoms with Gasteiger partial charge in [-0.05, 0) is 38.2 Å². The molecule has 0 bridgehead atoms. The number of furan rings is 1. The van der Waals surface area contributed by atoms with Gasteiger partial charge < -0.3 is 14.3 Å². The Morgan fingerprint density at radius 1 is 1.50 bits per heavy atom. The fourth-order valence-corrected chi connectivity index (χ4v) is 4.49. The molecule has 4 unspecified atom stereocenters. The van der Waals surface area contributed by atoms with Gasteiger partial charge in [-0.25, -0.2) is 0 Å². The van der Waals surface area contributed by atoms with E-state index < -0.39 is 5.60 Å². The molecule has 0 saturated heterocycles. The zero-order chi connectivity index (χ0) is 14.5. The summed E-state index contributed by atoms with van der Waals surface area (Å²) in [6.45, 7) is 9.24. The molecule has 2 aliphatic carbocycles. The normalized spacial score (nSPS) is 40.2. The van der Waals surface area contributed by atoms with Crippen LogP contribution in [-0.2, 0) is 11.2 Å². The lowest BCUT2D eigenvalue weighted by molar-refractivity contribution is -0.209. The van der Waals surface area contributed by atoms with Crippen LogP contribution in [0.2, 0.25) is 0 Å². The Morgan fingerprint density at radius 3 is 2.95 bits per heavy atom. The second-order valence-corrected chi connectivity index (χ2v) is 6.88. The van der Waals surface area contributed by atoms with Crippen molar-refractivity contribution in [3.8, 4) is 0 Å². The van der Waals surface area contributed by atoms with E-state index in [9.17, 15) is 5.11 Å². The monoisotopic (exact) mass is 278 g/mol. The molecule has 0 aliphatic heterocycles. The van der Waals surface area contributed by atoms with Gasteiger partial charge in [-0.3, -0.25) is 0 Å². The van der Waals surface area contributed by atoms with Crippen LogP contribution in [0.4, 0.5) is 0 Å². The zero-order valence-electron chi connectivity index (χ0n) is 13.0. The van der Waals surface area contributed by atoms with Gasteiger partial charge in [-0.15, -0.1) is 0 Å². The lowest BCUT2D eigenvalue weighted by atomic mass is 9.51. The topological polar surface area (TPSA) is 42.6 Å². The molecule has 1 fully saturated rings. The average molecular weight is 278 g/mol. The van der Waals surface area contributed by atoms with Gasteiger partial charge in [0.05, 0.1) is 18.0 Å². The van der Waals surface area contributed by atoms with Crippen LogP contribution < -0.4 is 0 Å². The number of ether oxygens (including phenoxy) is 1. The molecule has 2 aliphatic rings. The first-order valence-corrected chi connectivity index (χ1v) is 7.85. The number of hydrogen-bond donors (Lipinski definition) is 1. The first-order chi connectivity index (χ1) is 9.44. The van der Waals surface area contributed by atoms with Crippen molar-refractivity contribution in [1.82, 2.24) is 0 Å². The summed E-state index contributed by atoms with van der Waals surface area (Å²) in [7, 11) is 0. The third-order valence-electron chi connectivity index (χ3n) is 5.95. The van der Waals surface area contributed by atoms with Crippen LogP contribution in [0, 0.1) is 18.3 Å². The van der Waals surface area contributed by atoms with Gasteiger partial charge in [0, 0.05) is 24.0 Å². The Bertz CT molecular complexity index is 506. The van der Waals surface area contributed by atoms with E-state index >= 15 is 0 Å². The zero-order valence-corrected chi connectivity index (χ0v) is 13.0. The molecule has 0 amide bonds. The van der Waals surface area contributed by atoms with E-state index in [0.717, 1.165) is 30.6 Å². The van der Waals surface area contributed by atoms with Crippen molar-refractivity contribution in [1.29, 1.82) is 0 Å². The van der Waals surface area contributed by atoms with E-state index in [2.05, 4.69) is 20.8 Å². The molecule has 3 heteroatoms. The van der Waals surface area contributed by atoms with E-state index in [4.69, 9.17) is 9.15 Å². The molecule has 1 saturated carbocycles. The van der Waals surface area contributed by atoms with Crippen molar-refractivity contribution in [2.75, 3.05) is 6.61 Å². The number of hydrogen-bond acceptors (Lipinski definition) is 3. The lowest BCUT2D eigenvalue weighted by Crippen LogP contribution is -2.60. The predicted octanol–water partition coefficient (Wildman–Crippen LogP) is 3.78. The third-order valence-corrected chi connectivity index (χ3v) is 5.95. The fraction of sp³-hybridized carbons (Fsp3) is 0.765. The second-order valence-electron chi connectivity index (χ2n) is 6.88. The molecule has 0 spiro atoms. The van der Waals surface area contributed by atoms with E-state index in [0.29, 0.717) is 18.9 Å². The Balaban J connectivity index is 2.17. The number of rotatable bonds is 2. The number of aryl methyl sites for hydroxylation is 1. The highest BCUT2D eigenvalue weighted by Gasteiger charge is 2.61. The molecule has 1 aromatic heterocycles. The molecule has 1 heterocycles. The Morgan fingerprint density at radius 2 is 2.25 bits per heavy atom. The predicted molar refractivity (Wildman–Crippen MR) is 77.6 cm³/mol. The largest absolute Gasteiger partial charge is 0.469 e. The molecule has 20 heavy (non-hydrogen) atoms.